The van der Waals surface area contributed by atoms with E-state index in [2.05, 4.69) is 15.3 Å². The van der Waals surface area contributed by atoms with Crippen LogP contribution in [0.4, 0.5) is 0 Å². The number of aromatic amines is 1. The second-order valence-corrected chi connectivity index (χ2v) is 4.19. The molecular weight excluding hydrogens is 208 g/mol. The summed E-state index contributed by atoms with van der Waals surface area (Å²) in [6.07, 6.45) is 5.36. The van der Waals surface area contributed by atoms with Crippen LogP contribution in [0, 0.1) is 0 Å². The number of aromatic nitrogens is 2. The molecule has 6 nitrogen and oxygen atoms in total. The minimum Gasteiger partial charge on any atom is -0.349 e. The number of nitrogens with two attached hydrogens (primary N) is 1. The van der Waals surface area contributed by atoms with Crippen LogP contribution >= 0.6 is 0 Å². The Morgan fingerprint density at radius 1 is 1.62 bits per heavy atom. The molecule has 1 fully saturated rings. The van der Waals surface area contributed by atoms with E-state index < -0.39 is 0 Å². The summed E-state index contributed by atoms with van der Waals surface area (Å²) in [4.78, 5) is 28.5. The molecule has 16 heavy (non-hydrogen) atoms. The van der Waals surface area contributed by atoms with Crippen molar-refractivity contribution in [3.8, 4) is 0 Å². The SMILES string of the molecule is NC1(CNC(=O)c2c[nH]c(=O)cn2)CCC1. The first-order chi connectivity index (χ1) is 7.59. The van der Waals surface area contributed by atoms with Crippen LogP contribution in [0.25, 0.3) is 0 Å². The lowest BCUT2D eigenvalue weighted by atomic mass is 9.78. The van der Waals surface area contributed by atoms with Gasteiger partial charge in [-0.15, -0.1) is 0 Å². The van der Waals surface area contributed by atoms with Crippen molar-refractivity contribution >= 4 is 5.91 Å². The van der Waals surface area contributed by atoms with Crippen LogP contribution in [-0.2, 0) is 0 Å². The van der Waals surface area contributed by atoms with E-state index in [1.165, 1.54) is 6.20 Å². The molecule has 1 aromatic heterocycles. The molecule has 1 saturated carbocycles. The first kappa shape index (κ1) is 10.8. The summed E-state index contributed by atoms with van der Waals surface area (Å²) < 4.78 is 0. The lowest BCUT2D eigenvalue weighted by molar-refractivity contribution is 0.0924. The molecule has 0 aromatic carbocycles. The van der Waals surface area contributed by atoms with Gasteiger partial charge in [0.15, 0.2) is 0 Å². The van der Waals surface area contributed by atoms with Gasteiger partial charge in [0.25, 0.3) is 11.5 Å². The number of H-pyrrole nitrogens is 1. The van der Waals surface area contributed by atoms with Gasteiger partial charge >= 0.3 is 0 Å². The Morgan fingerprint density at radius 3 is 2.88 bits per heavy atom. The lowest BCUT2D eigenvalue weighted by Crippen LogP contribution is -2.55. The molecule has 6 heteroatoms. The fraction of sp³-hybridized carbons (Fsp3) is 0.500. The predicted molar refractivity (Wildman–Crippen MR) is 58.0 cm³/mol. The third kappa shape index (κ3) is 2.27. The van der Waals surface area contributed by atoms with Crippen LogP contribution < -0.4 is 16.6 Å². The maximum absolute atomic E-state index is 11.6. The molecule has 0 aliphatic heterocycles. The number of hydrogen-bond acceptors (Lipinski definition) is 4. The quantitative estimate of drug-likeness (QED) is 0.634. The van der Waals surface area contributed by atoms with E-state index in [4.69, 9.17) is 5.73 Å². The Morgan fingerprint density at radius 2 is 2.38 bits per heavy atom. The van der Waals surface area contributed by atoms with Crippen molar-refractivity contribution in [2.24, 2.45) is 5.73 Å². The van der Waals surface area contributed by atoms with Crippen molar-refractivity contribution in [1.82, 2.24) is 15.3 Å². The number of amides is 1. The second kappa shape index (κ2) is 4.05. The number of carbonyl (C=O) groups is 1. The minimum atomic E-state index is -0.328. The van der Waals surface area contributed by atoms with Crippen LogP contribution in [0.5, 0.6) is 0 Å². The van der Waals surface area contributed by atoms with Crippen LogP contribution in [0.3, 0.4) is 0 Å². The number of hydrogen-bond donors (Lipinski definition) is 3. The summed E-state index contributed by atoms with van der Waals surface area (Å²) in [7, 11) is 0. The average molecular weight is 222 g/mol. The van der Waals surface area contributed by atoms with Crippen molar-refractivity contribution < 1.29 is 4.79 Å². The molecule has 1 aromatic rings. The molecule has 2 rings (SSSR count). The van der Waals surface area contributed by atoms with E-state index in [0.717, 1.165) is 25.5 Å². The Labute approximate surface area is 92.3 Å². The van der Waals surface area contributed by atoms with E-state index in [1.54, 1.807) is 0 Å². The smallest absolute Gasteiger partial charge is 0.271 e. The third-order valence-electron chi connectivity index (χ3n) is 2.86. The fourth-order valence-electron chi connectivity index (χ4n) is 1.62. The van der Waals surface area contributed by atoms with Crippen molar-refractivity contribution in [2.45, 2.75) is 24.8 Å². The molecular formula is C10H14N4O2. The van der Waals surface area contributed by atoms with Gasteiger partial charge in [0.05, 0.1) is 6.20 Å². The largest absolute Gasteiger partial charge is 0.349 e. The number of nitrogens with zero attached hydrogens (tertiary/aromatic N) is 1. The van der Waals surface area contributed by atoms with Crippen LogP contribution in [-0.4, -0.2) is 28.0 Å². The molecule has 1 heterocycles. The molecule has 0 spiro atoms. The Balaban J connectivity index is 1.92. The highest BCUT2D eigenvalue weighted by Crippen LogP contribution is 2.27. The summed E-state index contributed by atoms with van der Waals surface area (Å²) >= 11 is 0. The van der Waals surface area contributed by atoms with Gasteiger partial charge in [0.1, 0.15) is 5.69 Å². The molecule has 1 aliphatic carbocycles. The first-order valence-corrected chi connectivity index (χ1v) is 5.21. The standard InChI is InChI=1S/C10H14N4O2/c11-10(2-1-3-10)6-14-9(16)7-4-13-8(15)5-12-7/h4-5H,1-3,6,11H2,(H,13,15)(H,14,16). The fourth-order valence-corrected chi connectivity index (χ4v) is 1.62. The van der Waals surface area contributed by atoms with Crippen LogP contribution in [0.1, 0.15) is 29.8 Å². The highest BCUT2D eigenvalue weighted by molar-refractivity contribution is 5.91. The molecule has 0 atom stereocenters. The van der Waals surface area contributed by atoms with Crippen LogP contribution in [0.2, 0.25) is 0 Å². The van der Waals surface area contributed by atoms with Gasteiger partial charge in [-0.05, 0) is 19.3 Å². The number of carbonyl (C=O) groups excluding carboxylic acids is 1. The van der Waals surface area contributed by atoms with Gasteiger partial charge < -0.3 is 16.0 Å². The van der Waals surface area contributed by atoms with Gasteiger partial charge in [-0.25, -0.2) is 4.98 Å². The summed E-state index contributed by atoms with van der Waals surface area (Å²) in [5.41, 5.74) is 5.58. The number of nitrogens with one attached hydrogen (secondary N) is 2. The van der Waals surface area contributed by atoms with Crippen molar-refractivity contribution in [1.29, 1.82) is 0 Å². The zero-order valence-electron chi connectivity index (χ0n) is 8.82. The molecule has 0 saturated heterocycles. The second-order valence-electron chi connectivity index (χ2n) is 4.19. The maximum Gasteiger partial charge on any atom is 0.271 e. The van der Waals surface area contributed by atoms with E-state index in [0.29, 0.717) is 6.54 Å². The monoisotopic (exact) mass is 222 g/mol. The minimum absolute atomic E-state index is 0.197. The van der Waals surface area contributed by atoms with Gasteiger partial charge in [-0.3, -0.25) is 9.59 Å². The maximum atomic E-state index is 11.6. The van der Waals surface area contributed by atoms with Gasteiger partial charge in [-0.1, -0.05) is 0 Å². The van der Waals surface area contributed by atoms with Gasteiger partial charge in [0, 0.05) is 18.3 Å². The highest BCUT2D eigenvalue weighted by Gasteiger charge is 2.32. The van der Waals surface area contributed by atoms with E-state index in [1.807, 2.05) is 0 Å². The molecule has 1 aliphatic rings. The highest BCUT2D eigenvalue weighted by atomic mass is 16.2. The topological polar surface area (TPSA) is 101 Å². The van der Waals surface area contributed by atoms with E-state index in [9.17, 15) is 9.59 Å². The van der Waals surface area contributed by atoms with E-state index >= 15 is 0 Å². The molecule has 0 unspecified atom stereocenters. The third-order valence-corrected chi connectivity index (χ3v) is 2.86. The molecule has 0 radical (unpaired) electrons. The van der Waals surface area contributed by atoms with Crippen molar-refractivity contribution in [2.75, 3.05) is 6.54 Å². The summed E-state index contributed by atoms with van der Waals surface area (Å²) in [6.45, 7) is 0.451. The predicted octanol–water partition coefficient (Wildman–Crippen LogP) is -0.619. The van der Waals surface area contributed by atoms with Crippen molar-refractivity contribution in [3.05, 3.63) is 28.4 Å². The molecule has 4 N–H and O–H groups in total. The summed E-state index contributed by atoms with van der Waals surface area (Å²) in [5.74, 6) is -0.312. The first-order valence-electron chi connectivity index (χ1n) is 5.21. The summed E-state index contributed by atoms with van der Waals surface area (Å²) in [6, 6.07) is 0. The summed E-state index contributed by atoms with van der Waals surface area (Å²) in [5, 5.41) is 2.71. The normalized spacial score (nSPS) is 17.6. The van der Waals surface area contributed by atoms with Crippen LogP contribution in [0.15, 0.2) is 17.2 Å². The Bertz CT molecular complexity index is 430. The van der Waals surface area contributed by atoms with Gasteiger partial charge in [-0.2, -0.15) is 0 Å². The van der Waals surface area contributed by atoms with Gasteiger partial charge in [0.2, 0.25) is 0 Å². The number of rotatable bonds is 3. The average Bonchev–Trinajstić information content (AvgIpc) is 2.24. The van der Waals surface area contributed by atoms with E-state index in [-0.39, 0.29) is 22.7 Å². The zero-order valence-corrected chi connectivity index (χ0v) is 8.82. The molecule has 0 bridgehead atoms. The molecule has 86 valence electrons. The Kier molecular flexibility index (Phi) is 2.74. The molecule has 1 amide bonds. The Hall–Kier alpha value is -1.69. The zero-order chi connectivity index (χ0) is 11.6. The lowest BCUT2D eigenvalue weighted by Gasteiger charge is -2.38. The van der Waals surface area contributed by atoms with Crippen molar-refractivity contribution in [3.63, 3.8) is 0 Å².